The molecule has 0 heterocycles. The second-order valence-corrected chi connectivity index (χ2v) is 4.60. The molecule has 0 aliphatic carbocycles. The summed E-state index contributed by atoms with van der Waals surface area (Å²) in [5.41, 5.74) is 0.427. The van der Waals surface area contributed by atoms with Crippen LogP contribution < -0.4 is 9.20 Å². The minimum atomic E-state index is -0.503. The van der Waals surface area contributed by atoms with Crippen molar-refractivity contribution in [1.29, 1.82) is 0 Å². The van der Waals surface area contributed by atoms with Gasteiger partial charge >= 0.3 is 91.6 Å². The summed E-state index contributed by atoms with van der Waals surface area (Å²) in [4.78, 5) is 11.0. The number of halogens is 2. The maximum atomic E-state index is 11.0. The number of carbonyl (C=O) groups excluding carboxylic acids is 1. The third-order valence-corrected chi connectivity index (χ3v) is 3.64. The molecule has 0 saturated carbocycles. The van der Waals surface area contributed by atoms with Gasteiger partial charge in [0.05, 0.1) is 0 Å². The summed E-state index contributed by atoms with van der Waals surface area (Å²) < 4.78 is 5.73. The Bertz CT molecular complexity index is 328. The monoisotopic (exact) mass is 284 g/mol. The number of hydrogen-bond donors (Lipinski definition) is 0. The molecule has 0 unspecified atom stereocenters. The number of rotatable bonds is 3. The Kier molecular flexibility index (Phi) is 4.07. The molecule has 0 saturated heterocycles. The Labute approximate surface area is 91.6 Å². The Morgan fingerprint density at radius 2 is 2.23 bits per heavy atom. The SMILES string of the molecule is COc1ccc([Se]Cl)c(C(=O)Cl)c1. The molecule has 0 amide bonds. The van der Waals surface area contributed by atoms with E-state index < -0.39 is 5.24 Å². The molecule has 1 aromatic rings. The van der Waals surface area contributed by atoms with Crippen molar-refractivity contribution in [3.05, 3.63) is 23.8 Å². The van der Waals surface area contributed by atoms with Gasteiger partial charge in [-0.3, -0.25) is 0 Å². The van der Waals surface area contributed by atoms with Crippen molar-refractivity contribution in [3.8, 4) is 5.75 Å². The van der Waals surface area contributed by atoms with Gasteiger partial charge in [0.1, 0.15) is 0 Å². The van der Waals surface area contributed by atoms with Crippen LogP contribution in [0.3, 0.4) is 0 Å². The van der Waals surface area contributed by atoms with E-state index >= 15 is 0 Å². The van der Waals surface area contributed by atoms with Gasteiger partial charge in [0.15, 0.2) is 0 Å². The third-order valence-electron chi connectivity index (χ3n) is 1.48. The zero-order valence-electron chi connectivity index (χ0n) is 6.71. The molecule has 0 radical (unpaired) electrons. The van der Waals surface area contributed by atoms with Crippen LogP contribution in [-0.4, -0.2) is 26.4 Å². The predicted octanol–water partition coefficient (Wildman–Crippen LogP) is 1.56. The minimum absolute atomic E-state index is 0.258. The summed E-state index contributed by atoms with van der Waals surface area (Å²) >= 11 is 5.12. The van der Waals surface area contributed by atoms with Crippen molar-refractivity contribution in [2.24, 2.45) is 0 Å². The molecule has 0 aromatic heterocycles. The van der Waals surface area contributed by atoms with E-state index in [0.717, 1.165) is 4.46 Å². The number of methoxy groups -OCH3 is 1. The van der Waals surface area contributed by atoms with Crippen molar-refractivity contribution >= 4 is 45.4 Å². The quantitative estimate of drug-likeness (QED) is 0.622. The Morgan fingerprint density at radius 1 is 1.54 bits per heavy atom. The summed E-state index contributed by atoms with van der Waals surface area (Å²) in [7, 11) is 7.21. The van der Waals surface area contributed by atoms with E-state index in [1.54, 1.807) is 18.2 Å². The van der Waals surface area contributed by atoms with E-state index in [-0.39, 0.29) is 14.0 Å². The topological polar surface area (TPSA) is 26.3 Å². The van der Waals surface area contributed by atoms with Crippen LogP contribution in [-0.2, 0) is 0 Å². The van der Waals surface area contributed by atoms with Crippen molar-refractivity contribution in [3.63, 3.8) is 0 Å². The van der Waals surface area contributed by atoms with Crippen LogP contribution in [0.2, 0.25) is 0 Å². The first-order valence-electron chi connectivity index (χ1n) is 3.35. The molecule has 0 N–H and O–H groups in total. The van der Waals surface area contributed by atoms with Gasteiger partial charge in [-0.2, -0.15) is 0 Å². The summed E-state index contributed by atoms with van der Waals surface area (Å²) in [5, 5.41) is -0.503. The molecular formula is C8H6Cl2O2Se. The molecule has 0 atom stereocenters. The first-order valence-corrected chi connectivity index (χ1v) is 6.84. The number of hydrogen-bond acceptors (Lipinski definition) is 2. The van der Waals surface area contributed by atoms with Crippen molar-refractivity contribution in [1.82, 2.24) is 0 Å². The van der Waals surface area contributed by atoms with Crippen molar-refractivity contribution < 1.29 is 9.53 Å². The van der Waals surface area contributed by atoms with E-state index in [1.807, 2.05) is 0 Å². The Hall–Kier alpha value is -0.211. The van der Waals surface area contributed by atoms with E-state index in [1.165, 1.54) is 7.11 Å². The van der Waals surface area contributed by atoms with E-state index in [9.17, 15) is 4.79 Å². The fraction of sp³-hybridized carbons (Fsp3) is 0.125. The Morgan fingerprint density at radius 3 is 2.69 bits per heavy atom. The number of benzene rings is 1. The molecule has 0 aliphatic heterocycles. The first-order chi connectivity index (χ1) is 6.19. The van der Waals surface area contributed by atoms with Crippen molar-refractivity contribution in [2.75, 3.05) is 7.11 Å². The van der Waals surface area contributed by atoms with Crippen LogP contribution in [0, 0.1) is 0 Å². The normalized spacial score (nSPS) is 9.77. The summed E-state index contributed by atoms with van der Waals surface area (Å²) in [6.07, 6.45) is 0. The predicted molar refractivity (Wildman–Crippen MR) is 54.4 cm³/mol. The van der Waals surface area contributed by atoms with Crippen LogP contribution >= 0.6 is 21.7 Å². The zero-order chi connectivity index (χ0) is 9.84. The van der Waals surface area contributed by atoms with Crippen LogP contribution in [0.5, 0.6) is 5.75 Å². The van der Waals surface area contributed by atoms with Crippen LogP contribution in [0.15, 0.2) is 18.2 Å². The molecule has 5 heteroatoms. The van der Waals surface area contributed by atoms with Crippen LogP contribution in [0.25, 0.3) is 0 Å². The van der Waals surface area contributed by atoms with Gasteiger partial charge in [0.2, 0.25) is 0 Å². The van der Waals surface area contributed by atoms with Gasteiger partial charge in [-0.15, -0.1) is 0 Å². The van der Waals surface area contributed by atoms with Gasteiger partial charge in [-0.1, -0.05) is 0 Å². The van der Waals surface area contributed by atoms with Gasteiger partial charge in [-0.05, 0) is 0 Å². The summed E-state index contributed by atoms with van der Waals surface area (Å²) in [6, 6.07) is 5.10. The molecule has 0 fully saturated rings. The van der Waals surface area contributed by atoms with Crippen LogP contribution in [0.4, 0.5) is 0 Å². The summed E-state index contributed by atoms with van der Waals surface area (Å²) in [6.45, 7) is 0. The van der Waals surface area contributed by atoms with Gasteiger partial charge in [0.25, 0.3) is 0 Å². The molecule has 0 spiro atoms. The van der Waals surface area contributed by atoms with Gasteiger partial charge < -0.3 is 0 Å². The molecule has 70 valence electrons. The second kappa shape index (κ2) is 4.87. The average Bonchev–Trinajstić information content (AvgIpc) is 2.16. The molecule has 2 nitrogen and oxygen atoms in total. The zero-order valence-corrected chi connectivity index (χ0v) is 9.94. The van der Waals surface area contributed by atoms with Gasteiger partial charge in [0, 0.05) is 0 Å². The molecule has 0 aliphatic rings. The molecule has 0 bridgehead atoms. The second-order valence-electron chi connectivity index (χ2n) is 2.21. The third kappa shape index (κ3) is 2.61. The van der Waals surface area contributed by atoms with Crippen LogP contribution in [0.1, 0.15) is 10.4 Å². The summed E-state index contributed by atoms with van der Waals surface area (Å²) in [5.74, 6) is 0.605. The molecular weight excluding hydrogens is 278 g/mol. The average molecular weight is 284 g/mol. The first kappa shape index (κ1) is 10.9. The standard InChI is InChI=1S/C8H6Cl2O2Se/c1-12-5-2-3-7(13-10)6(4-5)8(9)11/h2-4H,1H3. The number of ether oxygens (including phenoxy) is 1. The maximum absolute atomic E-state index is 11.0. The molecule has 1 rings (SSSR count). The van der Waals surface area contributed by atoms with E-state index in [4.69, 9.17) is 26.4 Å². The van der Waals surface area contributed by atoms with E-state index in [2.05, 4.69) is 0 Å². The molecule has 13 heavy (non-hydrogen) atoms. The fourth-order valence-corrected chi connectivity index (χ4v) is 2.58. The fourth-order valence-electron chi connectivity index (χ4n) is 0.857. The molecule has 1 aromatic carbocycles. The Balaban J connectivity index is 3.18. The van der Waals surface area contributed by atoms with E-state index in [0.29, 0.717) is 11.3 Å². The number of carbonyl (C=O) groups is 1. The van der Waals surface area contributed by atoms with Gasteiger partial charge in [-0.25, -0.2) is 0 Å². The van der Waals surface area contributed by atoms with Crippen molar-refractivity contribution in [2.45, 2.75) is 0 Å².